The van der Waals surface area contributed by atoms with Crippen LogP contribution in [0.4, 0.5) is 13.2 Å². The third kappa shape index (κ3) is 6.73. The number of rotatable bonds is 3. The van der Waals surface area contributed by atoms with Crippen LogP contribution in [-0.2, 0) is 4.74 Å². The van der Waals surface area contributed by atoms with Crippen LogP contribution < -0.4 is 0 Å². The minimum Gasteiger partial charge on any atom is -0.461 e. The van der Waals surface area contributed by atoms with Crippen molar-refractivity contribution in [3.8, 4) is 11.8 Å². The van der Waals surface area contributed by atoms with Crippen molar-refractivity contribution in [3.05, 3.63) is 34.9 Å². The fourth-order valence-electron chi connectivity index (χ4n) is 1.12. The van der Waals surface area contributed by atoms with E-state index in [1.807, 2.05) is 5.92 Å². The first-order valence-electron chi connectivity index (χ1n) is 5.33. The summed E-state index contributed by atoms with van der Waals surface area (Å²) in [6, 6.07) is 6.09. The lowest BCUT2D eigenvalue weighted by molar-refractivity contribution is -0.123. The first-order valence-corrected chi connectivity index (χ1v) is 5.71. The molecular weight excluding hydrogens is 281 g/mol. The maximum Gasteiger partial charge on any atom is 0.399 e. The van der Waals surface area contributed by atoms with Gasteiger partial charge in [0.05, 0.1) is 5.56 Å². The number of hydrogen-bond donors (Lipinski definition) is 0. The van der Waals surface area contributed by atoms with Crippen molar-refractivity contribution in [3.63, 3.8) is 0 Å². The summed E-state index contributed by atoms with van der Waals surface area (Å²) in [4.78, 5) is 11.5. The van der Waals surface area contributed by atoms with E-state index in [1.54, 1.807) is 12.1 Å². The van der Waals surface area contributed by atoms with Gasteiger partial charge in [-0.25, -0.2) is 4.79 Å². The van der Waals surface area contributed by atoms with E-state index in [0.717, 1.165) is 0 Å². The van der Waals surface area contributed by atoms with Crippen LogP contribution in [0.5, 0.6) is 0 Å². The predicted molar refractivity (Wildman–Crippen MR) is 64.8 cm³/mol. The predicted octanol–water partition coefficient (Wildman–Crippen LogP) is 3.84. The van der Waals surface area contributed by atoms with Crippen molar-refractivity contribution < 1.29 is 22.7 Å². The number of esters is 1. The molecule has 19 heavy (non-hydrogen) atoms. The molecule has 1 aromatic carbocycles. The third-order valence-electron chi connectivity index (χ3n) is 1.95. The average Bonchev–Trinajstić information content (AvgIpc) is 2.33. The Labute approximate surface area is 113 Å². The van der Waals surface area contributed by atoms with Crippen LogP contribution in [0.3, 0.4) is 0 Å². The standard InChI is InChI=1S/C13H10ClF3O2/c14-11-6-4-10(5-7-11)12(18)19-9-3-1-2-8-13(15,16)17/h4-7H,3,8-9H2. The second-order valence-electron chi connectivity index (χ2n) is 3.54. The zero-order valence-corrected chi connectivity index (χ0v) is 10.5. The van der Waals surface area contributed by atoms with E-state index < -0.39 is 18.6 Å². The highest BCUT2D eigenvalue weighted by Gasteiger charge is 2.25. The quantitative estimate of drug-likeness (QED) is 0.480. The second kappa shape index (κ2) is 7.05. The molecule has 0 N–H and O–H groups in total. The van der Waals surface area contributed by atoms with Gasteiger partial charge in [0.2, 0.25) is 0 Å². The van der Waals surface area contributed by atoms with E-state index in [0.29, 0.717) is 10.6 Å². The summed E-state index contributed by atoms with van der Waals surface area (Å²) in [7, 11) is 0. The molecule has 0 aromatic heterocycles. The maximum atomic E-state index is 11.7. The molecule has 0 aliphatic heterocycles. The van der Waals surface area contributed by atoms with Gasteiger partial charge >= 0.3 is 12.1 Å². The summed E-state index contributed by atoms with van der Waals surface area (Å²) < 4.78 is 40.1. The number of carbonyl (C=O) groups excluding carboxylic acids is 1. The summed E-state index contributed by atoms with van der Waals surface area (Å²) in [5.74, 6) is 3.69. The number of halogens is 4. The Kier molecular flexibility index (Phi) is 5.71. The highest BCUT2D eigenvalue weighted by molar-refractivity contribution is 6.30. The van der Waals surface area contributed by atoms with Crippen molar-refractivity contribution in [2.45, 2.75) is 19.0 Å². The lowest BCUT2D eigenvalue weighted by Crippen LogP contribution is -2.06. The van der Waals surface area contributed by atoms with Gasteiger partial charge in [-0.05, 0) is 24.3 Å². The summed E-state index contributed by atoms with van der Waals surface area (Å²) >= 11 is 5.65. The lowest BCUT2D eigenvalue weighted by Gasteiger charge is -2.02. The molecule has 0 bridgehead atoms. The van der Waals surface area contributed by atoms with E-state index in [2.05, 4.69) is 5.92 Å². The van der Waals surface area contributed by atoms with Crippen LogP contribution in [0.25, 0.3) is 0 Å². The molecule has 0 spiro atoms. The summed E-state index contributed by atoms with van der Waals surface area (Å²) in [6.45, 7) is -0.0493. The fraction of sp³-hybridized carbons (Fsp3) is 0.308. The molecular formula is C13H10ClF3O2. The molecule has 0 atom stereocenters. The van der Waals surface area contributed by atoms with Gasteiger partial charge in [-0.3, -0.25) is 0 Å². The van der Waals surface area contributed by atoms with Gasteiger partial charge in [-0.15, -0.1) is 0 Å². The maximum absolute atomic E-state index is 11.7. The van der Waals surface area contributed by atoms with Crippen molar-refractivity contribution >= 4 is 17.6 Å². The molecule has 0 aliphatic rings. The molecule has 0 radical (unpaired) electrons. The van der Waals surface area contributed by atoms with Crippen molar-refractivity contribution in [1.82, 2.24) is 0 Å². The molecule has 6 heteroatoms. The van der Waals surface area contributed by atoms with E-state index in [9.17, 15) is 18.0 Å². The zero-order chi connectivity index (χ0) is 14.3. The van der Waals surface area contributed by atoms with Gasteiger partial charge in [0.15, 0.2) is 0 Å². The topological polar surface area (TPSA) is 26.3 Å². The number of benzene rings is 1. The van der Waals surface area contributed by atoms with E-state index >= 15 is 0 Å². The van der Waals surface area contributed by atoms with Crippen LogP contribution in [0.2, 0.25) is 5.02 Å². The average molecular weight is 291 g/mol. The Balaban J connectivity index is 2.30. The molecule has 0 saturated carbocycles. The van der Waals surface area contributed by atoms with Crippen molar-refractivity contribution in [2.75, 3.05) is 6.61 Å². The van der Waals surface area contributed by atoms with Crippen LogP contribution in [0.1, 0.15) is 23.2 Å². The van der Waals surface area contributed by atoms with Crippen molar-refractivity contribution in [1.29, 1.82) is 0 Å². The monoisotopic (exact) mass is 290 g/mol. The minimum absolute atomic E-state index is 0.0493. The Hall–Kier alpha value is -1.67. The van der Waals surface area contributed by atoms with Gasteiger partial charge in [0.25, 0.3) is 0 Å². The smallest absolute Gasteiger partial charge is 0.399 e. The molecule has 102 valence electrons. The molecule has 0 amide bonds. The SMILES string of the molecule is O=C(OCCC#CCC(F)(F)F)c1ccc(Cl)cc1. The number of alkyl halides is 3. The number of hydrogen-bond acceptors (Lipinski definition) is 2. The fourth-order valence-corrected chi connectivity index (χ4v) is 1.24. The Morgan fingerprint density at radius 1 is 1.21 bits per heavy atom. The zero-order valence-electron chi connectivity index (χ0n) is 9.76. The number of ether oxygens (including phenoxy) is 1. The van der Waals surface area contributed by atoms with Gasteiger partial charge in [0.1, 0.15) is 13.0 Å². The normalized spacial score (nSPS) is 10.5. The summed E-state index contributed by atoms with van der Waals surface area (Å²) in [5.41, 5.74) is 0.327. The third-order valence-corrected chi connectivity index (χ3v) is 2.21. The molecule has 1 aromatic rings. The Morgan fingerprint density at radius 3 is 2.42 bits per heavy atom. The second-order valence-corrected chi connectivity index (χ2v) is 3.97. The minimum atomic E-state index is -4.28. The van der Waals surface area contributed by atoms with Crippen LogP contribution in [0.15, 0.2) is 24.3 Å². The molecule has 2 nitrogen and oxygen atoms in total. The van der Waals surface area contributed by atoms with Gasteiger partial charge < -0.3 is 4.74 Å². The van der Waals surface area contributed by atoms with Gasteiger partial charge in [-0.2, -0.15) is 13.2 Å². The van der Waals surface area contributed by atoms with E-state index in [1.165, 1.54) is 12.1 Å². The molecule has 0 fully saturated rings. The van der Waals surface area contributed by atoms with Crippen LogP contribution >= 0.6 is 11.6 Å². The lowest BCUT2D eigenvalue weighted by atomic mass is 10.2. The Bertz CT molecular complexity index is 483. The van der Waals surface area contributed by atoms with Crippen LogP contribution in [-0.4, -0.2) is 18.8 Å². The first-order chi connectivity index (χ1) is 8.88. The van der Waals surface area contributed by atoms with Gasteiger partial charge in [-0.1, -0.05) is 23.4 Å². The molecule has 0 unspecified atom stereocenters. The highest BCUT2D eigenvalue weighted by Crippen LogP contribution is 2.18. The Morgan fingerprint density at radius 2 is 1.84 bits per heavy atom. The number of carbonyl (C=O) groups is 1. The molecule has 0 heterocycles. The van der Waals surface area contributed by atoms with Gasteiger partial charge in [0, 0.05) is 11.4 Å². The largest absolute Gasteiger partial charge is 0.461 e. The molecule has 0 saturated heterocycles. The first kappa shape index (κ1) is 15.4. The molecule has 1 rings (SSSR count). The van der Waals surface area contributed by atoms with E-state index in [4.69, 9.17) is 16.3 Å². The molecule has 0 aliphatic carbocycles. The summed E-state index contributed by atoms with van der Waals surface area (Å²) in [6.07, 6.45) is -5.37. The van der Waals surface area contributed by atoms with Crippen LogP contribution in [0, 0.1) is 11.8 Å². The van der Waals surface area contributed by atoms with E-state index in [-0.39, 0.29) is 13.0 Å². The van der Waals surface area contributed by atoms with Crippen molar-refractivity contribution in [2.24, 2.45) is 0 Å². The highest BCUT2D eigenvalue weighted by atomic mass is 35.5. The summed E-state index contributed by atoms with van der Waals surface area (Å²) in [5, 5.41) is 0.495.